The van der Waals surface area contributed by atoms with Crippen molar-refractivity contribution in [2.75, 3.05) is 0 Å². The molecule has 0 bridgehead atoms. The summed E-state index contributed by atoms with van der Waals surface area (Å²) in [6.45, 7) is 0. The minimum absolute atomic E-state index is 0.172. The van der Waals surface area contributed by atoms with Crippen LogP contribution in [0.4, 0.5) is 0 Å². The molecule has 1 rings (SSSR count). The first-order valence-electron chi connectivity index (χ1n) is 3.04. The van der Waals surface area contributed by atoms with Gasteiger partial charge >= 0.3 is 0 Å². The summed E-state index contributed by atoms with van der Waals surface area (Å²) in [6, 6.07) is 5.16. The van der Waals surface area contributed by atoms with E-state index in [-0.39, 0.29) is 5.57 Å². The highest BCUT2D eigenvalue weighted by atomic mass is 16.1. The fourth-order valence-electron chi connectivity index (χ4n) is 0.676. The van der Waals surface area contributed by atoms with Crippen molar-refractivity contribution in [2.24, 2.45) is 0 Å². The third-order valence-electron chi connectivity index (χ3n) is 1.19. The molecule has 1 N–H and O–H groups in total. The maximum atomic E-state index is 10.3. The largest absolute Gasteiger partial charge is 0.297 e. The van der Waals surface area contributed by atoms with Gasteiger partial charge in [-0.15, -0.1) is 0 Å². The van der Waals surface area contributed by atoms with Crippen LogP contribution in [0.25, 0.3) is 5.57 Å². The molecule has 0 aromatic carbocycles. The Kier molecular flexibility index (Phi) is 2.31. The molecule has 11 heavy (non-hydrogen) atoms. The summed E-state index contributed by atoms with van der Waals surface area (Å²) in [4.78, 5) is 14.1. The lowest BCUT2D eigenvalue weighted by atomic mass is 10.2. The van der Waals surface area contributed by atoms with Gasteiger partial charge in [-0.3, -0.25) is 15.2 Å². The van der Waals surface area contributed by atoms with Crippen LogP contribution in [0.15, 0.2) is 24.4 Å². The van der Waals surface area contributed by atoms with Crippen LogP contribution in [0.1, 0.15) is 5.69 Å². The van der Waals surface area contributed by atoms with Gasteiger partial charge in [0.05, 0.1) is 5.69 Å². The molecule has 0 unspecified atom stereocenters. The van der Waals surface area contributed by atoms with Crippen molar-refractivity contribution in [2.45, 2.75) is 0 Å². The monoisotopic (exact) mass is 146 g/mol. The number of pyridine rings is 1. The van der Waals surface area contributed by atoms with Gasteiger partial charge in [0.15, 0.2) is 6.29 Å². The Hall–Kier alpha value is -1.73. The Balaban J connectivity index is 3.11. The molecule has 1 aromatic heterocycles. The third kappa shape index (κ3) is 1.60. The predicted octanol–water partition coefficient (Wildman–Crippen LogP) is 0.912. The van der Waals surface area contributed by atoms with E-state index < -0.39 is 0 Å². The first-order chi connectivity index (χ1) is 5.38. The number of allylic oxidation sites excluding steroid dienone is 1. The van der Waals surface area contributed by atoms with Crippen LogP contribution in [0, 0.1) is 5.41 Å². The van der Waals surface area contributed by atoms with Gasteiger partial charge in [-0.2, -0.15) is 0 Å². The summed E-state index contributed by atoms with van der Waals surface area (Å²) in [5.41, 5.74) is 0.656. The van der Waals surface area contributed by atoms with E-state index >= 15 is 0 Å². The Morgan fingerprint density at radius 2 is 2.45 bits per heavy atom. The first kappa shape index (κ1) is 7.38. The second kappa shape index (κ2) is 3.44. The minimum Gasteiger partial charge on any atom is -0.297 e. The van der Waals surface area contributed by atoms with Crippen molar-refractivity contribution in [1.82, 2.24) is 4.98 Å². The van der Waals surface area contributed by atoms with E-state index in [0.29, 0.717) is 12.0 Å². The number of nitrogens with zero attached hydrogens (tertiary/aromatic N) is 1. The first-order valence-corrected chi connectivity index (χ1v) is 3.04. The van der Waals surface area contributed by atoms with Crippen LogP contribution < -0.4 is 0 Å². The van der Waals surface area contributed by atoms with E-state index in [9.17, 15) is 4.79 Å². The zero-order chi connectivity index (χ0) is 8.10. The molecule has 3 nitrogen and oxygen atoms in total. The predicted molar refractivity (Wildman–Crippen MR) is 41.4 cm³/mol. The van der Waals surface area contributed by atoms with Crippen LogP contribution in [0.3, 0.4) is 0 Å². The quantitative estimate of drug-likeness (QED) is 0.383. The van der Waals surface area contributed by atoms with Crippen LogP contribution in [0.5, 0.6) is 0 Å². The molecule has 1 aromatic rings. The fraction of sp³-hybridized carbons (Fsp3) is 0. The average Bonchev–Trinajstić information content (AvgIpc) is 2.09. The standard InChI is InChI=1S/C8H6N2O/c9-5-7(6-11)8-3-1-2-4-10-8/h1-4,6,9H. The summed E-state index contributed by atoms with van der Waals surface area (Å²) in [5, 5.41) is 6.74. The molecule has 0 spiro atoms. The number of aldehydes is 1. The molecule has 0 fully saturated rings. The van der Waals surface area contributed by atoms with E-state index in [1.165, 1.54) is 0 Å². The molecule has 1 heterocycles. The Labute approximate surface area is 63.9 Å². The molecule has 0 saturated carbocycles. The molecule has 0 aliphatic carbocycles. The smallest absolute Gasteiger partial charge is 0.161 e. The Morgan fingerprint density at radius 1 is 1.64 bits per heavy atom. The number of carbonyl (C=O) groups excluding carboxylic acids is 1. The molecule has 0 atom stereocenters. The maximum absolute atomic E-state index is 10.3. The van der Waals surface area contributed by atoms with Gasteiger partial charge < -0.3 is 0 Å². The van der Waals surface area contributed by atoms with Gasteiger partial charge in [0.25, 0.3) is 0 Å². The average molecular weight is 146 g/mol. The topological polar surface area (TPSA) is 53.8 Å². The lowest BCUT2D eigenvalue weighted by Crippen LogP contribution is -1.88. The molecule has 3 heteroatoms. The van der Waals surface area contributed by atoms with Gasteiger partial charge in [-0.05, 0) is 18.0 Å². The van der Waals surface area contributed by atoms with Crippen LogP contribution in [-0.4, -0.2) is 17.1 Å². The van der Waals surface area contributed by atoms with Crippen molar-refractivity contribution in [3.8, 4) is 0 Å². The molecular formula is C8H6N2O. The van der Waals surface area contributed by atoms with Crippen molar-refractivity contribution in [3.63, 3.8) is 0 Å². The summed E-state index contributed by atoms with van der Waals surface area (Å²) in [5.74, 6) is 2.00. The van der Waals surface area contributed by atoms with Gasteiger partial charge in [-0.25, -0.2) is 0 Å². The molecule has 0 radical (unpaired) electrons. The van der Waals surface area contributed by atoms with E-state index in [1.807, 2.05) is 5.87 Å². The summed E-state index contributed by atoms with van der Waals surface area (Å²) < 4.78 is 0. The van der Waals surface area contributed by atoms with E-state index in [2.05, 4.69) is 4.98 Å². The summed E-state index contributed by atoms with van der Waals surface area (Å²) in [6.07, 6.45) is 2.13. The van der Waals surface area contributed by atoms with Gasteiger partial charge in [0.1, 0.15) is 5.57 Å². The highest BCUT2D eigenvalue weighted by Gasteiger charge is 1.97. The van der Waals surface area contributed by atoms with Crippen LogP contribution in [-0.2, 0) is 4.79 Å². The van der Waals surface area contributed by atoms with Gasteiger partial charge in [-0.1, -0.05) is 6.07 Å². The van der Waals surface area contributed by atoms with Crippen LogP contribution >= 0.6 is 0 Å². The number of aromatic nitrogens is 1. The van der Waals surface area contributed by atoms with Crippen molar-refractivity contribution < 1.29 is 4.79 Å². The second-order valence-electron chi connectivity index (χ2n) is 1.87. The molecule has 0 amide bonds. The molecule has 54 valence electrons. The molecule has 0 aliphatic heterocycles. The SMILES string of the molecule is N=C=C(C=O)c1ccccn1. The normalized spacial score (nSPS) is 8.36. The third-order valence-corrected chi connectivity index (χ3v) is 1.19. The molecular weight excluding hydrogens is 140 g/mol. The van der Waals surface area contributed by atoms with Crippen molar-refractivity contribution in [3.05, 3.63) is 30.1 Å². The van der Waals surface area contributed by atoms with Crippen molar-refractivity contribution >= 4 is 17.7 Å². The summed E-state index contributed by atoms with van der Waals surface area (Å²) >= 11 is 0. The highest BCUT2D eigenvalue weighted by molar-refractivity contribution is 6.17. The van der Waals surface area contributed by atoms with Gasteiger partial charge in [0, 0.05) is 6.20 Å². The number of carbonyl (C=O) groups is 1. The van der Waals surface area contributed by atoms with Gasteiger partial charge in [0.2, 0.25) is 0 Å². The number of hydrogen-bond acceptors (Lipinski definition) is 3. The number of rotatable bonds is 2. The lowest BCUT2D eigenvalue weighted by Gasteiger charge is -1.91. The lowest BCUT2D eigenvalue weighted by molar-refractivity contribution is -0.103. The van der Waals surface area contributed by atoms with Crippen molar-refractivity contribution in [1.29, 1.82) is 5.41 Å². The Morgan fingerprint density at radius 3 is 2.91 bits per heavy atom. The highest BCUT2D eigenvalue weighted by Crippen LogP contribution is 2.02. The van der Waals surface area contributed by atoms with Crippen LogP contribution in [0.2, 0.25) is 0 Å². The zero-order valence-corrected chi connectivity index (χ0v) is 5.74. The fourth-order valence-corrected chi connectivity index (χ4v) is 0.676. The van der Waals surface area contributed by atoms with E-state index in [4.69, 9.17) is 5.41 Å². The zero-order valence-electron chi connectivity index (χ0n) is 5.74. The molecule has 0 aliphatic rings. The second-order valence-corrected chi connectivity index (χ2v) is 1.87. The number of nitrogens with one attached hydrogen (secondary N) is 1. The number of hydrogen-bond donors (Lipinski definition) is 1. The van der Waals surface area contributed by atoms with E-state index in [0.717, 1.165) is 0 Å². The van der Waals surface area contributed by atoms with E-state index in [1.54, 1.807) is 24.4 Å². The minimum atomic E-state index is 0.172. The maximum Gasteiger partial charge on any atom is 0.161 e. The summed E-state index contributed by atoms with van der Waals surface area (Å²) in [7, 11) is 0. The molecule has 0 saturated heterocycles. The Bertz CT molecular complexity index is 299.